The molecule has 3 aromatic carbocycles. The van der Waals surface area contributed by atoms with Crippen LogP contribution in [0.3, 0.4) is 0 Å². The molecule has 0 unspecified atom stereocenters. The van der Waals surface area contributed by atoms with Gasteiger partial charge in [0.15, 0.2) is 11.4 Å². The molecule has 0 aliphatic heterocycles. The average Bonchev–Trinajstić information content (AvgIpc) is 2.96. The number of rotatable bonds is 8. The van der Waals surface area contributed by atoms with Gasteiger partial charge >= 0.3 is 0 Å². The first-order valence-corrected chi connectivity index (χ1v) is 12.1. The molecule has 38 heavy (non-hydrogen) atoms. The molecule has 0 saturated carbocycles. The van der Waals surface area contributed by atoms with Crippen molar-refractivity contribution in [2.75, 3.05) is 5.32 Å². The van der Waals surface area contributed by atoms with Crippen LogP contribution >= 0.6 is 11.6 Å². The van der Waals surface area contributed by atoms with Crippen molar-refractivity contribution < 1.29 is 9.53 Å². The van der Waals surface area contributed by atoms with Gasteiger partial charge in [-0.05, 0) is 66.2 Å². The molecule has 8 nitrogen and oxygen atoms in total. The van der Waals surface area contributed by atoms with E-state index in [1.54, 1.807) is 73.1 Å². The fraction of sp³-hybridized carbons (Fsp3) is 0.0345. The topological polar surface area (TPSA) is 98.1 Å². The summed E-state index contributed by atoms with van der Waals surface area (Å²) in [6, 6.07) is 26.4. The molecule has 0 fully saturated rings. The Morgan fingerprint density at radius 2 is 1.74 bits per heavy atom. The first-order valence-electron chi connectivity index (χ1n) is 11.7. The van der Waals surface area contributed by atoms with Gasteiger partial charge in [-0.15, -0.1) is 0 Å². The van der Waals surface area contributed by atoms with Crippen LogP contribution in [0, 0.1) is 0 Å². The molecule has 0 bridgehead atoms. The predicted molar refractivity (Wildman–Crippen MR) is 146 cm³/mol. The first-order chi connectivity index (χ1) is 18.6. The van der Waals surface area contributed by atoms with Crippen LogP contribution < -0.4 is 20.9 Å². The van der Waals surface area contributed by atoms with E-state index in [1.165, 1.54) is 10.9 Å². The summed E-state index contributed by atoms with van der Waals surface area (Å²) in [5.41, 5.74) is 2.10. The van der Waals surface area contributed by atoms with E-state index < -0.39 is 5.56 Å². The quantitative estimate of drug-likeness (QED) is 0.269. The van der Waals surface area contributed by atoms with E-state index in [0.29, 0.717) is 34.3 Å². The summed E-state index contributed by atoms with van der Waals surface area (Å²) >= 11 is 6.01. The predicted octanol–water partition coefficient (Wildman–Crippen LogP) is 5.75. The van der Waals surface area contributed by atoms with Gasteiger partial charge in [-0.25, -0.2) is 0 Å². The molecule has 0 radical (unpaired) electrons. The van der Waals surface area contributed by atoms with Crippen molar-refractivity contribution >= 4 is 28.9 Å². The van der Waals surface area contributed by atoms with Crippen molar-refractivity contribution in [2.24, 2.45) is 0 Å². The summed E-state index contributed by atoms with van der Waals surface area (Å²) in [7, 11) is 0. The zero-order valence-corrected chi connectivity index (χ0v) is 20.8. The third-order valence-electron chi connectivity index (χ3n) is 5.56. The van der Waals surface area contributed by atoms with Crippen LogP contribution in [0.25, 0.3) is 5.69 Å². The maximum absolute atomic E-state index is 13.6. The SMILES string of the molecule is O=C(NCc1cccnc1)c1cccc(Nc2c(Oc3ccccc3)cnn(-c3ccc(Cl)cc3)c2=O)c1. The van der Waals surface area contributed by atoms with Gasteiger partial charge in [-0.2, -0.15) is 9.78 Å². The molecule has 5 aromatic rings. The number of carbonyl (C=O) groups excluding carboxylic acids is 1. The molecule has 2 aromatic heterocycles. The number of carbonyl (C=O) groups is 1. The summed E-state index contributed by atoms with van der Waals surface area (Å²) in [4.78, 5) is 30.4. The van der Waals surface area contributed by atoms with Gasteiger partial charge in [-0.3, -0.25) is 14.6 Å². The van der Waals surface area contributed by atoms with Gasteiger partial charge in [0.05, 0.1) is 11.9 Å². The number of pyridine rings is 1. The second-order valence-corrected chi connectivity index (χ2v) is 8.68. The summed E-state index contributed by atoms with van der Waals surface area (Å²) in [6.45, 7) is 0.343. The van der Waals surface area contributed by atoms with Crippen molar-refractivity contribution in [3.63, 3.8) is 0 Å². The molecule has 0 saturated heterocycles. The molecule has 2 heterocycles. The monoisotopic (exact) mass is 523 g/mol. The zero-order chi connectivity index (χ0) is 26.3. The third kappa shape index (κ3) is 5.88. The fourth-order valence-corrected chi connectivity index (χ4v) is 3.81. The molecule has 0 spiro atoms. The largest absolute Gasteiger partial charge is 0.453 e. The van der Waals surface area contributed by atoms with Gasteiger partial charge in [0.2, 0.25) is 0 Å². The lowest BCUT2D eigenvalue weighted by molar-refractivity contribution is 0.0951. The average molecular weight is 524 g/mol. The second-order valence-electron chi connectivity index (χ2n) is 8.24. The van der Waals surface area contributed by atoms with Crippen molar-refractivity contribution in [2.45, 2.75) is 6.54 Å². The number of para-hydroxylation sites is 1. The molecule has 0 atom stereocenters. The Bertz CT molecular complexity index is 1610. The smallest absolute Gasteiger partial charge is 0.299 e. The van der Waals surface area contributed by atoms with Gasteiger partial charge < -0.3 is 15.4 Å². The van der Waals surface area contributed by atoms with Gasteiger partial charge in [0.1, 0.15) is 5.75 Å². The molecular formula is C29H22ClN5O3. The summed E-state index contributed by atoms with van der Waals surface area (Å²) in [5.74, 6) is 0.522. The van der Waals surface area contributed by atoms with Crippen LogP contribution in [0.1, 0.15) is 15.9 Å². The highest BCUT2D eigenvalue weighted by Crippen LogP contribution is 2.29. The number of halogens is 1. The Balaban J connectivity index is 1.45. The fourth-order valence-electron chi connectivity index (χ4n) is 3.68. The Kier molecular flexibility index (Phi) is 7.42. The number of benzene rings is 3. The molecule has 0 aliphatic carbocycles. The number of anilines is 2. The zero-order valence-electron chi connectivity index (χ0n) is 20.0. The van der Waals surface area contributed by atoms with Crippen molar-refractivity contribution in [1.82, 2.24) is 20.1 Å². The lowest BCUT2D eigenvalue weighted by Gasteiger charge is -2.15. The number of hydrogen-bond acceptors (Lipinski definition) is 6. The van der Waals surface area contributed by atoms with E-state index in [2.05, 4.69) is 20.7 Å². The number of amides is 1. The van der Waals surface area contributed by atoms with Crippen LogP contribution in [-0.4, -0.2) is 20.7 Å². The third-order valence-corrected chi connectivity index (χ3v) is 5.81. The van der Waals surface area contributed by atoms with Gasteiger partial charge in [0, 0.05) is 35.2 Å². The number of aromatic nitrogens is 3. The highest BCUT2D eigenvalue weighted by atomic mass is 35.5. The van der Waals surface area contributed by atoms with E-state index >= 15 is 0 Å². The van der Waals surface area contributed by atoms with E-state index in [-0.39, 0.29) is 17.3 Å². The minimum Gasteiger partial charge on any atom is -0.453 e. The van der Waals surface area contributed by atoms with Crippen LogP contribution in [0.4, 0.5) is 11.4 Å². The summed E-state index contributed by atoms with van der Waals surface area (Å²) in [5, 5.41) is 10.9. The number of ether oxygens (including phenoxy) is 1. The van der Waals surface area contributed by atoms with E-state index in [1.807, 2.05) is 30.3 Å². The van der Waals surface area contributed by atoms with Crippen LogP contribution in [-0.2, 0) is 6.54 Å². The van der Waals surface area contributed by atoms with Crippen molar-refractivity contribution in [3.05, 3.63) is 136 Å². The lowest BCUT2D eigenvalue weighted by Crippen LogP contribution is -2.24. The minimum absolute atomic E-state index is 0.159. The number of nitrogens with zero attached hydrogens (tertiary/aromatic N) is 3. The molecule has 5 rings (SSSR count). The summed E-state index contributed by atoms with van der Waals surface area (Å²) in [6.07, 6.45) is 4.84. The first kappa shape index (κ1) is 24.7. The van der Waals surface area contributed by atoms with E-state index in [4.69, 9.17) is 16.3 Å². The normalized spacial score (nSPS) is 10.6. The van der Waals surface area contributed by atoms with Gasteiger partial charge in [0.25, 0.3) is 11.5 Å². The molecule has 188 valence electrons. The maximum atomic E-state index is 13.6. The summed E-state index contributed by atoms with van der Waals surface area (Å²) < 4.78 is 7.24. The van der Waals surface area contributed by atoms with Crippen molar-refractivity contribution in [1.29, 1.82) is 0 Å². The van der Waals surface area contributed by atoms with E-state index in [9.17, 15) is 9.59 Å². The molecular weight excluding hydrogens is 502 g/mol. The van der Waals surface area contributed by atoms with E-state index in [0.717, 1.165) is 5.56 Å². The molecule has 9 heteroatoms. The Morgan fingerprint density at radius 3 is 2.50 bits per heavy atom. The van der Waals surface area contributed by atoms with Crippen LogP contribution in [0.5, 0.6) is 11.5 Å². The Labute approximate surface area is 223 Å². The molecule has 1 amide bonds. The Morgan fingerprint density at radius 1 is 0.921 bits per heavy atom. The number of nitrogens with one attached hydrogen (secondary N) is 2. The highest BCUT2D eigenvalue weighted by Gasteiger charge is 2.16. The van der Waals surface area contributed by atoms with Crippen LogP contribution in [0.15, 0.2) is 114 Å². The number of hydrogen-bond donors (Lipinski definition) is 2. The van der Waals surface area contributed by atoms with Crippen LogP contribution in [0.2, 0.25) is 5.02 Å². The standard InChI is InChI=1S/C29H22ClN5O3/c30-22-11-13-24(14-12-22)35-29(37)27(26(19-33-35)38-25-9-2-1-3-10-25)34-23-8-4-7-21(16-23)28(36)32-18-20-6-5-15-31-17-20/h1-17,19,34H,18H2,(H,32,36). The maximum Gasteiger partial charge on any atom is 0.299 e. The molecule has 0 aliphatic rings. The molecule has 2 N–H and O–H groups in total. The van der Waals surface area contributed by atoms with Gasteiger partial charge in [-0.1, -0.05) is 41.9 Å². The van der Waals surface area contributed by atoms with Crippen molar-refractivity contribution in [3.8, 4) is 17.2 Å². The minimum atomic E-state index is -0.438. The Hall–Kier alpha value is -4.95. The second kappa shape index (κ2) is 11.4. The highest BCUT2D eigenvalue weighted by molar-refractivity contribution is 6.30. The lowest BCUT2D eigenvalue weighted by atomic mass is 10.1.